The number of aliphatic hydroxyl groups excluding tert-OH is 1. The highest BCUT2D eigenvalue weighted by Gasteiger charge is 2.67. The lowest BCUT2D eigenvalue weighted by molar-refractivity contribution is -0.206. The van der Waals surface area contributed by atoms with Crippen LogP contribution in [0, 0.1) is 34.5 Å². The summed E-state index contributed by atoms with van der Waals surface area (Å²) in [5, 5.41) is 26.8. The first-order valence-electron chi connectivity index (χ1n) is 12.0. The largest absolute Gasteiger partial charge is 0.396 e. The molecule has 0 aliphatic heterocycles. The third-order valence-corrected chi connectivity index (χ3v) is 9.98. The van der Waals surface area contributed by atoms with Gasteiger partial charge >= 0.3 is 0 Å². The van der Waals surface area contributed by atoms with Crippen LogP contribution in [0.2, 0.25) is 0 Å². The number of oxime groups is 1. The second kappa shape index (κ2) is 7.80. The second-order valence-corrected chi connectivity index (χ2v) is 11.1. The van der Waals surface area contributed by atoms with E-state index in [9.17, 15) is 10.2 Å². The Balaban J connectivity index is 1.55. The summed E-state index contributed by atoms with van der Waals surface area (Å²) in [7, 11) is 0. The van der Waals surface area contributed by atoms with Gasteiger partial charge in [-0.2, -0.15) is 0 Å². The lowest BCUT2D eigenvalue weighted by atomic mass is 9.43. The van der Waals surface area contributed by atoms with Gasteiger partial charge in [-0.25, -0.2) is 0 Å². The van der Waals surface area contributed by atoms with Gasteiger partial charge in [0, 0.05) is 11.3 Å². The highest BCUT2D eigenvalue weighted by atomic mass is 16.6. The normalized spacial score (nSPS) is 49.9. The van der Waals surface area contributed by atoms with E-state index in [-0.39, 0.29) is 16.9 Å². The van der Waals surface area contributed by atoms with Gasteiger partial charge < -0.3 is 20.8 Å². The van der Waals surface area contributed by atoms with E-state index in [4.69, 9.17) is 10.6 Å². The highest BCUT2D eigenvalue weighted by Crippen LogP contribution is 2.69. The molecule has 166 valence electrons. The number of hydrogen-bond acceptors (Lipinski definition) is 5. The SMILES string of the molecule is C/C(=N\OCCCN)[C@H]1CC[C@]2(O)[C@@H]3CC[C@@H]4C[C@@H](O)CC[C@]4(C)[C@H]3CC[C@]12C. The topological polar surface area (TPSA) is 88.1 Å². The molecule has 0 saturated heterocycles. The molecule has 4 saturated carbocycles. The molecule has 5 heteroatoms. The molecule has 4 rings (SSSR count). The fourth-order valence-electron chi connectivity index (χ4n) is 8.23. The van der Waals surface area contributed by atoms with Crippen LogP contribution in [0.4, 0.5) is 0 Å². The Morgan fingerprint density at radius 2 is 1.86 bits per heavy atom. The Labute approximate surface area is 176 Å². The minimum atomic E-state index is -0.599. The van der Waals surface area contributed by atoms with Crippen LogP contribution >= 0.6 is 0 Å². The minimum absolute atomic E-state index is 0.115. The third kappa shape index (κ3) is 3.27. The molecule has 0 radical (unpaired) electrons. The van der Waals surface area contributed by atoms with E-state index in [1.165, 1.54) is 6.42 Å². The molecule has 4 fully saturated rings. The summed E-state index contributed by atoms with van der Waals surface area (Å²) >= 11 is 0. The average Bonchev–Trinajstić information content (AvgIpc) is 2.97. The van der Waals surface area contributed by atoms with E-state index in [2.05, 4.69) is 25.9 Å². The van der Waals surface area contributed by atoms with Crippen molar-refractivity contribution >= 4 is 5.71 Å². The van der Waals surface area contributed by atoms with Crippen molar-refractivity contribution in [2.24, 2.45) is 45.4 Å². The van der Waals surface area contributed by atoms with E-state index in [1.54, 1.807) is 0 Å². The third-order valence-electron chi connectivity index (χ3n) is 9.98. The lowest BCUT2D eigenvalue weighted by Crippen LogP contribution is -2.62. The molecule has 0 heterocycles. The van der Waals surface area contributed by atoms with Crippen LogP contribution in [-0.2, 0) is 4.84 Å². The first-order chi connectivity index (χ1) is 13.8. The fraction of sp³-hybridized carbons (Fsp3) is 0.958. The smallest absolute Gasteiger partial charge is 0.118 e. The monoisotopic (exact) mass is 406 g/mol. The summed E-state index contributed by atoms with van der Waals surface area (Å²) in [5.41, 5.74) is 6.16. The van der Waals surface area contributed by atoms with Gasteiger partial charge in [-0.05, 0) is 101 Å². The maximum absolute atomic E-state index is 12.2. The lowest BCUT2D eigenvalue weighted by Gasteiger charge is -2.63. The summed E-state index contributed by atoms with van der Waals surface area (Å²) in [6.07, 6.45) is 10.1. The van der Waals surface area contributed by atoms with Gasteiger partial charge in [0.1, 0.15) is 6.61 Å². The van der Waals surface area contributed by atoms with E-state index in [1.807, 2.05) is 0 Å². The molecule has 4 N–H and O–H groups in total. The summed E-state index contributed by atoms with van der Waals surface area (Å²) in [5.74, 6) is 1.89. The maximum Gasteiger partial charge on any atom is 0.118 e. The van der Waals surface area contributed by atoms with Gasteiger partial charge in [0.05, 0.1) is 17.4 Å². The van der Waals surface area contributed by atoms with Crippen LogP contribution in [0.15, 0.2) is 5.16 Å². The van der Waals surface area contributed by atoms with Crippen molar-refractivity contribution in [2.75, 3.05) is 13.2 Å². The van der Waals surface area contributed by atoms with E-state index >= 15 is 0 Å². The highest BCUT2D eigenvalue weighted by molar-refractivity contribution is 5.85. The molecule has 0 aromatic heterocycles. The zero-order valence-corrected chi connectivity index (χ0v) is 18.7. The van der Waals surface area contributed by atoms with Gasteiger partial charge in [0.25, 0.3) is 0 Å². The van der Waals surface area contributed by atoms with E-state index < -0.39 is 5.60 Å². The van der Waals surface area contributed by atoms with Gasteiger partial charge in [-0.15, -0.1) is 0 Å². The van der Waals surface area contributed by atoms with Crippen molar-refractivity contribution in [3.8, 4) is 0 Å². The summed E-state index contributed by atoms with van der Waals surface area (Å²) in [6.45, 7) is 8.06. The Kier molecular flexibility index (Phi) is 5.80. The van der Waals surface area contributed by atoms with Crippen molar-refractivity contribution in [1.29, 1.82) is 0 Å². The van der Waals surface area contributed by atoms with E-state index in [0.29, 0.717) is 36.8 Å². The van der Waals surface area contributed by atoms with Crippen LogP contribution < -0.4 is 5.73 Å². The summed E-state index contributed by atoms with van der Waals surface area (Å²) in [6, 6.07) is 0. The molecule has 4 aliphatic carbocycles. The van der Waals surface area contributed by atoms with Gasteiger partial charge in [0.2, 0.25) is 0 Å². The Hall–Kier alpha value is -0.650. The van der Waals surface area contributed by atoms with Crippen LogP contribution in [0.25, 0.3) is 0 Å². The zero-order valence-electron chi connectivity index (χ0n) is 18.7. The number of fused-ring (bicyclic) bond motifs is 5. The number of nitrogens with zero attached hydrogens (tertiary/aromatic N) is 1. The first kappa shape index (κ1) is 21.6. The molecule has 0 aromatic rings. The fourth-order valence-corrected chi connectivity index (χ4v) is 8.23. The number of aliphatic hydroxyl groups is 2. The molecular formula is C24H42N2O3. The van der Waals surface area contributed by atoms with Gasteiger partial charge in [-0.1, -0.05) is 19.0 Å². The maximum atomic E-state index is 12.2. The molecule has 0 spiro atoms. The molecule has 0 unspecified atom stereocenters. The van der Waals surface area contributed by atoms with Crippen LogP contribution in [-0.4, -0.2) is 40.8 Å². The van der Waals surface area contributed by atoms with Crippen molar-refractivity contribution < 1.29 is 15.1 Å². The Morgan fingerprint density at radius 3 is 2.62 bits per heavy atom. The quantitative estimate of drug-likeness (QED) is 0.367. The van der Waals surface area contributed by atoms with Gasteiger partial charge in [0.15, 0.2) is 0 Å². The molecule has 29 heavy (non-hydrogen) atoms. The van der Waals surface area contributed by atoms with Gasteiger partial charge in [-0.3, -0.25) is 0 Å². The van der Waals surface area contributed by atoms with Crippen molar-refractivity contribution in [2.45, 2.75) is 96.7 Å². The van der Waals surface area contributed by atoms with E-state index in [0.717, 1.165) is 63.5 Å². The number of rotatable bonds is 5. The molecule has 0 bridgehead atoms. The molecule has 5 nitrogen and oxygen atoms in total. The average molecular weight is 407 g/mol. The molecule has 4 aliphatic rings. The molecular weight excluding hydrogens is 364 g/mol. The van der Waals surface area contributed by atoms with Crippen molar-refractivity contribution in [3.63, 3.8) is 0 Å². The Bertz CT molecular complexity index is 640. The second-order valence-electron chi connectivity index (χ2n) is 11.1. The predicted molar refractivity (Wildman–Crippen MR) is 115 cm³/mol. The van der Waals surface area contributed by atoms with Crippen molar-refractivity contribution in [1.82, 2.24) is 0 Å². The molecule has 8 atom stereocenters. The van der Waals surface area contributed by atoms with Crippen LogP contribution in [0.3, 0.4) is 0 Å². The van der Waals surface area contributed by atoms with Crippen LogP contribution in [0.1, 0.15) is 85.0 Å². The minimum Gasteiger partial charge on any atom is -0.396 e. The summed E-state index contributed by atoms with van der Waals surface area (Å²) in [4.78, 5) is 5.51. The number of hydrogen-bond donors (Lipinski definition) is 3. The van der Waals surface area contributed by atoms with Crippen LogP contribution in [0.5, 0.6) is 0 Å². The Morgan fingerprint density at radius 1 is 1.07 bits per heavy atom. The summed E-state index contributed by atoms with van der Waals surface area (Å²) < 4.78 is 0. The standard InChI is InChI=1S/C24H42N2O3/c1-16(26-29-14-4-13-25)19-9-12-24(28)21-6-5-17-15-18(27)7-10-22(17,2)20(21)8-11-23(19,24)3/h17-21,27-28H,4-15,25H2,1-3H3/b26-16+/t17-,18+,19-,20+,21-,22+,23-,24+/m1/s1. The molecule has 0 amide bonds. The predicted octanol–water partition coefficient (Wildman–Crippen LogP) is 3.86. The zero-order chi connectivity index (χ0) is 20.9. The molecule has 0 aromatic carbocycles. The van der Waals surface area contributed by atoms with Crippen molar-refractivity contribution in [3.05, 3.63) is 0 Å². The number of nitrogens with two attached hydrogens (primary N) is 1. The first-order valence-corrected chi connectivity index (χ1v) is 12.0.